The number of methoxy groups -OCH3 is 9. The molecule has 16 nitrogen and oxygen atoms in total. The second-order valence-corrected chi connectivity index (χ2v) is 15.9. The number of aromatic amines is 2. The third-order valence-electron chi connectivity index (χ3n) is 11.3. The van der Waals surface area contributed by atoms with Gasteiger partial charge in [-0.25, -0.2) is 36.9 Å². The Labute approximate surface area is 442 Å². The maximum Gasteiger partial charge on any atom is 0.256 e. The lowest BCUT2D eigenvalue weighted by Gasteiger charge is -2.08. The Bertz CT molecular complexity index is 3690. The average molecular weight is 1110 g/mol. The molecule has 0 radical (unpaired) electrons. The van der Waals surface area contributed by atoms with Crippen molar-refractivity contribution in [3.63, 3.8) is 0 Å². The summed E-state index contributed by atoms with van der Waals surface area (Å²) in [7, 11) is 12.7. The van der Waals surface area contributed by atoms with Crippen molar-refractivity contribution in [3.05, 3.63) is 165 Å². The Balaban J connectivity index is 0.000000158. The number of ether oxygens (including phenoxy) is 9. The van der Waals surface area contributed by atoms with Crippen LogP contribution in [0, 0.1) is 41.0 Å². The van der Waals surface area contributed by atoms with Gasteiger partial charge in [-0.15, -0.1) is 0 Å². The van der Waals surface area contributed by atoms with Gasteiger partial charge in [-0.2, -0.15) is 8.78 Å². The number of aromatic nitrogens is 5. The molecular weight excluding hydrogens is 1060 g/mol. The molecule has 0 atom stereocenters. The van der Waals surface area contributed by atoms with Crippen LogP contribution < -0.4 is 53.8 Å². The molecule has 0 fully saturated rings. The summed E-state index contributed by atoms with van der Waals surface area (Å²) < 4.78 is 138. The van der Waals surface area contributed by atoms with Crippen molar-refractivity contribution in [1.82, 2.24) is 24.9 Å². The van der Waals surface area contributed by atoms with Crippen molar-refractivity contribution in [3.8, 4) is 51.7 Å². The van der Waals surface area contributed by atoms with E-state index >= 15 is 0 Å². The Hall–Kier alpha value is -9.25. The summed E-state index contributed by atoms with van der Waals surface area (Å²) in [5, 5.41) is 4.12. The highest BCUT2D eigenvalue weighted by Gasteiger charge is 2.16. The maximum atomic E-state index is 13.5. The molecule has 0 saturated heterocycles. The molecule has 0 bridgehead atoms. The van der Waals surface area contributed by atoms with Crippen LogP contribution in [0.5, 0.6) is 51.7 Å². The third kappa shape index (κ3) is 12.7. The van der Waals surface area contributed by atoms with Gasteiger partial charge in [0.2, 0.25) is 11.9 Å². The molecule has 408 valence electrons. The predicted octanol–water partition coefficient (Wildman–Crippen LogP) is 11.5. The molecule has 0 aliphatic rings. The molecule has 5 heterocycles. The van der Waals surface area contributed by atoms with Gasteiger partial charge in [-0.3, -0.25) is 9.59 Å². The summed E-state index contributed by atoms with van der Waals surface area (Å²) in [4.78, 5) is 38.6. The summed E-state index contributed by atoms with van der Waals surface area (Å²) in [5.74, 6) is -2.16. The summed E-state index contributed by atoms with van der Waals surface area (Å²) in [6.07, 6.45) is 6.93. The molecule has 0 aliphatic carbocycles. The Kier molecular flexibility index (Phi) is 19.3. The number of rotatable bonds is 9. The molecule has 0 amide bonds. The largest absolute Gasteiger partial charge is 0.495 e. The van der Waals surface area contributed by atoms with Gasteiger partial charge in [0.1, 0.15) is 28.2 Å². The first-order chi connectivity index (χ1) is 37.4. The highest BCUT2D eigenvalue weighted by Crippen LogP contribution is 2.36. The number of nitrogens with one attached hydrogen (secondary N) is 2. The van der Waals surface area contributed by atoms with Crippen molar-refractivity contribution in [1.29, 1.82) is 0 Å². The van der Waals surface area contributed by atoms with Crippen molar-refractivity contribution >= 4 is 65.5 Å². The summed E-state index contributed by atoms with van der Waals surface area (Å²) >= 11 is 5.88. The summed E-state index contributed by atoms with van der Waals surface area (Å²) in [6.45, 7) is 0. The van der Waals surface area contributed by atoms with Crippen LogP contribution in [0.1, 0.15) is 0 Å². The molecule has 0 aliphatic heterocycles. The van der Waals surface area contributed by atoms with E-state index in [1.807, 2.05) is 0 Å². The lowest BCUT2D eigenvalue weighted by molar-refractivity contribution is 0.386. The standard InChI is InChI=1S/C11H9ClFNO2.2C11H9F2NO2.C11H10FNO3.C10H8FNO2/c1-15-9-4-6-7(3-8(9)13)11(12)14-5-10(6)16-2;2*1-15-9-4-6-7(3-8(9)12)11(13)14-5-10(6)16-2;1-15-9-4-6-7(3-8(9)12)11(14)13-5-10(6)16-2;1-14-9-4-6-2-3-12-10(13)7(6)5-8(9)11/h3*3-5H,1-2H3;3-5H,1-2H3,(H,13,14);2-5H,1H3,(H,12,13). The van der Waals surface area contributed by atoms with Gasteiger partial charge in [0.05, 0.1) is 93.4 Å². The van der Waals surface area contributed by atoms with E-state index in [1.165, 1.54) is 137 Å². The molecule has 78 heavy (non-hydrogen) atoms. The van der Waals surface area contributed by atoms with E-state index in [9.17, 15) is 40.3 Å². The number of nitrogens with zero attached hydrogens (tertiary/aromatic N) is 3. The van der Waals surface area contributed by atoms with Crippen molar-refractivity contribution < 1.29 is 73.4 Å². The second-order valence-electron chi connectivity index (χ2n) is 15.5. The predicted molar refractivity (Wildman–Crippen MR) is 278 cm³/mol. The topological polar surface area (TPSA) is 187 Å². The van der Waals surface area contributed by atoms with E-state index in [2.05, 4.69) is 24.9 Å². The van der Waals surface area contributed by atoms with Crippen molar-refractivity contribution in [2.75, 3.05) is 64.0 Å². The minimum Gasteiger partial charge on any atom is -0.495 e. The lowest BCUT2D eigenvalue weighted by Crippen LogP contribution is -2.07. The van der Waals surface area contributed by atoms with E-state index < -0.39 is 41.0 Å². The smallest absolute Gasteiger partial charge is 0.256 e. The Morgan fingerprint density at radius 2 is 0.679 bits per heavy atom. The summed E-state index contributed by atoms with van der Waals surface area (Å²) in [5.41, 5.74) is -0.665. The van der Waals surface area contributed by atoms with Gasteiger partial charge in [-0.05, 0) is 72.1 Å². The van der Waals surface area contributed by atoms with E-state index in [1.54, 1.807) is 6.07 Å². The minimum atomic E-state index is -0.739. The van der Waals surface area contributed by atoms with E-state index in [-0.39, 0.29) is 61.2 Å². The fourth-order valence-electron chi connectivity index (χ4n) is 7.41. The number of pyridine rings is 5. The fourth-order valence-corrected chi connectivity index (χ4v) is 7.61. The molecule has 24 heteroatoms. The van der Waals surface area contributed by atoms with E-state index in [4.69, 9.17) is 54.2 Å². The molecule has 5 aromatic carbocycles. The molecule has 5 aromatic heterocycles. The first-order valence-corrected chi connectivity index (χ1v) is 22.6. The number of H-pyrrole nitrogens is 2. The Morgan fingerprint density at radius 1 is 0.359 bits per heavy atom. The zero-order chi connectivity index (χ0) is 57.0. The van der Waals surface area contributed by atoms with Crippen LogP contribution in [0.15, 0.2) is 107 Å². The molecule has 2 N–H and O–H groups in total. The van der Waals surface area contributed by atoms with Gasteiger partial charge >= 0.3 is 0 Å². The molecule has 0 spiro atoms. The highest BCUT2D eigenvalue weighted by molar-refractivity contribution is 6.34. The lowest BCUT2D eigenvalue weighted by atomic mass is 10.1. The number of hydrogen-bond acceptors (Lipinski definition) is 14. The SMILES string of the molecule is COc1cc2c(OC)c[nH]c(=O)c2cc1F.COc1cc2c(OC)cnc(Cl)c2cc1F.COc1cc2c(OC)cnc(F)c2cc1F.COc1cc2c(OC)cnc(F)c2cc1F.COc1cc2cc[nH]c(=O)c2cc1F. The van der Waals surface area contributed by atoms with Crippen LogP contribution in [0.3, 0.4) is 0 Å². The van der Waals surface area contributed by atoms with E-state index in [0.717, 1.165) is 18.2 Å². The van der Waals surface area contributed by atoms with Gasteiger partial charge in [-0.1, -0.05) is 11.6 Å². The second kappa shape index (κ2) is 26.0. The summed E-state index contributed by atoms with van der Waals surface area (Å²) in [6, 6.07) is 14.6. The fraction of sp³-hybridized carbons (Fsp3) is 0.167. The normalized spacial score (nSPS) is 10.5. The number of hydrogen-bond donors (Lipinski definition) is 2. The quantitative estimate of drug-likeness (QED) is 0.103. The first-order valence-electron chi connectivity index (χ1n) is 22.3. The minimum absolute atomic E-state index is 0.0383. The van der Waals surface area contributed by atoms with Gasteiger partial charge in [0.25, 0.3) is 11.1 Å². The van der Waals surface area contributed by atoms with Crippen LogP contribution in [-0.2, 0) is 0 Å². The first kappa shape index (κ1) is 58.0. The highest BCUT2D eigenvalue weighted by atomic mass is 35.5. The number of benzene rings is 5. The van der Waals surface area contributed by atoms with Crippen LogP contribution in [0.2, 0.25) is 5.15 Å². The van der Waals surface area contributed by atoms with Crippen LogP contribution in [-0.4, -0.2) is 88.9 Å². The van der Waals surface area contributed by atoms with Gasteiger partial charge in [0.15, 0.2) is 57.8 Å². The molecule has 10 aromatic rings. The van der Waals surface area contributed by atoms with Crippen molar-refractivity contribution in [2.45, 2.75) is 0 Å². The third-order valence-corrected chi connectivity index (χ3v) is 11.6. The molecule has 10 rings (SSSR count). The van der Waals surface area contributed by atoms with Gasteiger partial charge in [0, 0.05) is 50.1 Å². The Morgan fingerprint density at radius 3 is 1.09 bits per heavy atom. The van der Waals surface area contributed by atoms with Crippen LogP contribution >= 0.6 is 11.6 Å². The monoisotopic (exact) mass is 1110 g/mol. The average Bonchev–Trinajstić information content (AvgIpc) is 3.47. The van der Waals surface area contributed by atoms with Crippen LogP contribution in [0.25, 0.3) is 53.9 Å². The van der Waals surface area contributed by atoms with Crippen molar-refractivity contribution in [2.24, 2.45) is 0 Å². The molecule has 0 unspecified atom stereocenters. The maximum absolute atomic E-state index is 13.5. The van der Waals surface area contributed by atoms with Gasteiger partial charge < -0.3 is 52.6 Å². The zero-order valence-corrected chi connectivity index (χ0v) is 43.3. The number of fused-ring (bicyclic) bond motifs is 5. The zero-order valence-electron chi connectivity index (χ0n) is 42.6. The molecule has 0 saturated carbocycles. The molecular formula is C54H45ClF7N5O11. The van der Waals surface area contributed by atoms with Crippen LogP contribution in [0.4, 0.5) is 30.7 Å². The number of halogens is 8. The van der Waals surface area contributed by atoms with E-state index in [0.29, 0.717) is 60.7 Å².